The number of rotatable bonds is 4. The second-order valence-electron chi connectivity index (χ2n) is 12.7. The van der Waals surface area contributed by atoms with Crippen LogP contribution in [0.5, 0.6) is 17.2 Å². The number of nitrogens with zero attached hydrogens (tertiary/aromatic N) is 2. The number of piperidine rings is 1. The Morgan fingerprint density at radius 2 is 1.93 bits per heavy atom. The van der Waals surface area contributed by atoms with E-state index in [0.717, 1.165) is 55.1 Å². The molecular weight excluding hydrogens is 561 g/mol. The number of amides is 1. The Morgan fingerprint density at radius 1 is 1.19 bits per heavy atom. The number of esters is 1. The van der Waals surface area contributed by atoms with E-state index in [1.165, 1.54) is 38.0 Å². The van der Waals surface area contributed by atoms with Gasteiger partial charge in [-0.25, -0.2) is 0 Å². The van der Waals surface area contributed by atoms with Gasteiger partial charge in [-0.15, -0.1) is 0 Å². The van der Waals surface area contributed by atoms with Crippen molar-refractivity contribution in [2.24, 2.45) is 11.8 Å². The van der Waals surface area contributed by atoms with Gasteiger partial charge in [-0.3, -0.25) is 14.5 Å². The van der Waals surface area contributed by atoms with Crippen LogP contribution in [0.4, 0.5) is 13.2 Å². The number of likely N-dealkylation sites (tertiary alicyclic amines) is 1. The second kappa shape index (κ2) is 9.91. The predicted octanol–water partition coefficient (Wildman–Crippen LogP) is 4.66. The third-order valence-corrected chi connectivity index (χ3v) is 10.3. The number of aromatic hydroxyl groups is 1. The lowest BCUT2D eigenvalue weighted by Gasteiger charge is -2.60. The normalized spacial score (nSPS) is 28.7. The molecule has 2 aliphatic heterocycles. The Labute approximate surface area is 247 Å². The average molecular weight is 595 g/mol. The van der Waals surface area contributed by atoms with Crippen LogP contribution in [0.1, 0.15) is 61.3 Å². The van der Waals surface area contributed by atoms with Crippen LogP contribution in [-0.2, 0) is 27.6 Å². The molecule has 226 valence electrons. The molecule has 2 saturated carbocycles. The van der Waals surface area contributed by atoms with Crippen molar-refractivity contribution in [3.63, 3.8) is 0 Å². The highest BCUT2D eigenvalue weighted by Crippen LogP contribution is 2.65. The molecule has 43 heavy (non-hydrogen) atoms. The Hall–Kier alpha value is -3.71. The van der Waals surface area contributed by atoms with E-state index in [2.05, 4.69) is 16.7 Å². The van der Waals surface area contributed by atoms with Gasteiger partial charge in [-0.05, 0) is 81.2 Å². The molecule has 2 bridgehead atoms. The lowest BCUT2D eigenvalue weighted by Crippen LogP contribution is -2.69. The molecule has 0 radical (unpaired) electrons. The minimum absolute atomic E-state index is 0.0776. The Kier molecular flexibility index (Phi) is 6.47. The van der Waals surface area contributed by atoms with Crippen molar-refractivity contribution in [2.75, 3.05) is 20.1 Å². The summed E-state index contributed by atoms with van der Waals surface area (Å²) < 4.78 is 51.1. The number of benzene rings is 2. The molecule has 1 amide bonds. The first-order chi connectivity index (χ1) is 20.5. The van der Waals surface area contributed by atoms with E-state index in [1.807, 2.05) is 0 Å². The van der Waals surface area contributed by atoms with Gasteiger partial charge < -0.3 is 19.5 Å². The van der Waals surface area contributed by atoms with Gasteiger partial charge in [-0.2, -0.15) is 13.2 Å². The van der Waals surface area contributed by atoms with Crippen LogP contribution in [0.3, 0.4) is 0 Å². The highest BCUT2D eigenvalue weighted by atomic mass is 19.4. The van der Waals surface area contributed by atoms with Crippen molar-refractivity contribution < 1.29 is 37.3 Å². The van der Waals surface area contributed by atoms with Crippen LogP contribution in [0.25, 0.3) is 0 Å². The van der Waals surface area contributed by atoms with Crippen LogP contribution in [-0.4, -0.2) is 65.1 Å². The minimum Gasteiger partial charge on any atom is -0.504 e. The van der Waals surface area contributed by atoms with E-state index in [1.54, 1.807) is 11.9 Å². The smallest absolute Gasteiger partial charge is 0.416 e. The van der Waals surface area contributed by atoms with E-state index in [0.29, 0.717) is 29.9 Å². The van der Waals surface area contributed by atoms with Gasteiger partial charge >= 0.3 is 12.1 Å². The standard InChI is InChI=1S/C33H33F3N2O5/c1-18(39)42-27-16-26(40)30-29-22(27)15-25-23-10-11-24(31(43-30)32(23,29)13-14-38(25)17-20-3-4-20)37(2)28(41)12-7-19-5-8-21(9-6-19)33(34,35)36/h5-6,8-9,16,20,23-25,31,40H,3-4,10-11,13-15,17H2,1-2H3/t23-,24+,25+,31-,32-/m0/s1. The maximum Gasteiger partial charge on any atom is 0.416 e. The number of hydrogen-bond acceptors (Lipinski definition) is 6. The summed E-state index contributed by atoms with van der Waals surface area (Å²) in [5.41, 5.74) is 0.905. The molecule has 1 spiro atoms. The van der Waals surface area contributed by atoms with Gasteiger partial charge in [0.15, 0.2) is 11.5 Å². The molecule has 5 atom stereocenters. The summed E-state index contributed by atoms with van der Waals surface area (Å²) >= 11 is 0. The summed E-state index contributed by atoms with van der Waals surface area (Å²) in [5.74, 6) is 6.09. The van der Waals surface area contributed by atoms with E-state index < -0.39 is 35.1 Å². The number of likely N-dealkylation sites (N-methyl/N-ethyl adjacent to an activating group) is 1. The highest BCUT2D eigenvalue weighted by molar-refractivity contribution is 5.94. The first-order valence-corrected chi connectivity index (χ1v) is 14.9. The van der Waals surface area contributed by atoms with Gasteiger partial charge in [0, 0.05) is 60.7 Å². The van der Waals surface area contributed by atoms with Crippen molar-refractivity contribution in [3.8, 4) is 29.1 Å². The van der Waals surface area contributed by atoms with Crippen LogP contribution in [0.2, 0.25) is 0 Å². The van der Waals surface area contributed by atoms with Crippen LogP contribution < -0.4 is 9.47 Å². The quantitative estimate of drug-likeness (QED) is 0.315. The topological polar surface area (TPSA) is 79.3 Å². The maximum atomic E-state index is 13.4. The van der Waals surface area contributed by atoms with Crippen LogP contribution >= 0.6 is 0 Å². The first-order valence-electron chi connectivity index (χ1n) is 14.9. The molecule has 10 heteroatoms. The summed E-state index contributed by atoms with van der Waals surface area (Å²) in [6.07, 6.45) is 0.682. The number of alkyl halides is 3. The SMILES string of the molecule is CC(=O)Oc1cc(O)c2c3c1C[C@@H]1[C@@H]4CC[C@@H](N(C)C(=O)C#Cc5ccc(C(F)(F)F)cc5)[C@H](O2)[C@]34CCN1CC1CC1. The molecule has 3 aliphatic carbocycles. The Morgan fingerprint density at radius 3 is 2.60 bits per heavy atom. The number of phenolic OH excluding ortho intramolecular Hbond substituents is 1. The average Bonchev–Trinajstić information content (AvgIpc) is 3.71. The summed E-state index contributed by atoms with van der Waals surface area (Å²) in [4.78, 5) is 29.6. The van der Waals surface area contributed by atoms with Gasteiger partial charge in [-0.1, -0.05) is 5.92 Å². The molecule has 1 N–H and O–H groups in total. The largest absolute Gasteiger partial charge is 0.504 e. The van der Waals surface area contributed by atoms with Crippen LogP contribution in [0.15, 0.2) is 30.3 Å². The van der Waals surface area contributed by atoms with Crippen molar-refractivity contribution in [3.05, 3.63) is 52.6 Å². The summed E-state index contributed by atoms with van der Waals surface area (Å²) in [6.45, 7) is 3.28. The fraction of sp³-hybridized carbons (Fsp3) is 0.515. The van der Waals surface area contributed by atoms with Crippen molar-refractivity contribution in [1.82, 2.24) is 9.80 Å². The molecule has 2 aromatic carbocycles. The van der Waals surface area contributed by atoms with Gasteiger partial charge in [0.05, 0.1) is 11.6 Å². The lowest BCUT2D eigenvalue weighted by atomic mass is 9.50. The number of halogens is 3. The van der Waals surface area contributed by atoms with E-state index in [4.69, 9.17) is 9.47 Å². The molecule has 5 aliphatic rings. The zero-order valence-corrected chi connectivity index (χ0v) is 24.0. The lowest BCUT2D eigenvalue weighted by molar-refractivity contribution is -0.137. The molecule has 7 nitrogen and oxygen atoms in total. The van der Waals surface area contributed by atoms with E-state index in [9.17, 15) is 27.9 Å². The van der Waals surface area contributed by atoms with Gasteiger partial charge in [0.2, 0.25) is 0 Å². The molecule has 0 aromatic heterocycles. The summed E-state index contributed by atoms with van der Waals surface area (Å²) in [6, 6.07) is 5.79. The number of carbonyl (C=O) groups is 2. The number of hydrogen-bond donors (Lipinski definition) is 1. The molecular formula is C33H33F3N2O5. The van der Waals surface area contributed by atoms with Crippen molar-refractivity contribution in [1.29, 1.82) is 0 Å². The number of carbonyl (C=O) groups excluding carboxylic acids is 2. The molecule has 1 saturated heterocycles. The second-order valence-corrected chi connectivity index (χ2v) is 12.7. The number of ether oxygens (including phenoxy) is 2. The van der Waals surface area contributed by atoms with E-state index in [-0.39, 0.29) is 23.8 Å². The van der Waals surface area contributed by atoms with E-state index >= 15 is 0 Å². The van der Waals surface area contributed by atoms with Gasteiger partial charge in [0.25, 0.3) is 5.91 Å². The molecule has 3 fully saturated rings. The predicted molar refractivity (Wildman–Crippen MR) is 150 cm³/mol. The molecule has 0 unspecified atom stereocenters. The molecule has 2 heterocycles. The minimum atomic E-state index is -4.45. The van der Waals surface area contributed by atoms with Crippen molar-refractivity contribution >= 4 is 11.9 Å². The third kappa shape index (κ3) is 4.55. The number of phenols is 1. The Balaban J connectivity index is 1.22. The fourth-order valence-corrected chi connectivity index (χ4v) is 8.26. The third-order valence-electron chi connectivity index (χ3n) is 10.3. The van der Waals surface area contributed by atoms with Gasteiger partial charge in [0.1, 0.15) is 11.9 Å². The van der Waals surface area contributed by atoms with Crippen LogP contribution in [0, 0.1) is 23.7 Å². The van der Waals surface area contributed by atoms with Crippen molar-refractivity contribution in [2.45, 2.75) is 75.2 Å². The highest BCUT2D eigenvalue weighted by Gasteiger charge is 2.67. The maximum absolute atomic E-state index is 13.4. The molecule has 2 aromatic rings. The molecule has 7 rings (SSSR count). The summed E-state index contributed by atoms with van der Waals surface area (Å²) in [7, 11) is 1.69. The monoisotopic (exact) mass is 594 g/mol. The zero-order valence-electron chi connectivity index (χ0n) is 24.0. The fourth-order valence-electron chi connectivity index (χ4n) is 8.26. The zero-order chi connectivity index (χ0) is 30.3. The first kappa shape index (κ1) is 28.1. The summed E-state index contributed by atoms with van der Waals surface area (Å²) in [5, 5.41) is 11.1. The Bertz CT molecular complexity index is 1560.